The second kappa shape index (κ2) is 5.57. The Hall–Kier alpha value is -2.34. The number of carbonyl (C=O) groups is 2. The second-order valence-electron chi connectivity index (χ2n) is 5.14. The third-order valence-corrected chi connectivity index (χ3v) is 3.64. The molecule has 0 aliphatic carbocycles. The Labute approximate surface area is 121 Å². The third kappa shape index (κ3) is 2.75. The van der Waals surface area contributed by atoms with Gasteiger partial charge in [0, 0.05) is 24.4 Å². The van der Waals surface area contributed by atoms with Crippen molar-refractivity contribution < 1.29 is 19.1 Å². The highest BCUT2D eigenvalue weighted by Crippen LogP contribution is 2.25. The number of furan rings is 1. The molecule has 1 aromatic heterocycles. The monoisotopic (exact) mass is 288 g/mol. The number of carboxylic acid groups (broad SMARTS) is 1. The van der Waals surface area contributed by atoms with Crippen LogP contribution in [-0.2, 0) is 11.3 Å². The molecule has 0 radical (unpaired) electrons. The Kier molecular flexibility index (Phi) is 3.62. The summed E-state index contributed by atoms with van der Waals surface area (Å²) in [5.41, 5.74) is 0.773. The summed E-state index contributed by atoms with van der Waals surface area (Å²) in [5.74, 6) is -0.518. The molecule has 2 heterocycles. The summed E-state index contributed by atoms with van der Waals surface area (Å²) in [5, 5.41) is 16.0. The molecule has 110 valence electrons. The summed E-state index contributed by atoms with van der Waals surface area (Å²) in [4.78, 5) is 22.5. The lowest BCUT2D eigenvalue weighted by molar-refractivity contribution is -0.119. The Morgan fingerprint density at radius 2 is 2.24 bits per heavy atom. The summed E-state index contributed by atoms with van der Waals surface area (Å²) in [6.45, 7) is 0.921. The molecule has 0 saturated carbocycles. The van der Waals surface area contributed by atoms with E-state index in [0.717, 1.165) is 6.42 Å². The number of benzene rings is 1. The predicted octanol–water partition coefficient (Wildman–Crippen LogP) is 1.50. The molecule has 1 amide bonds. The van der Waals surface area contributed by atoms with Gasteiger partial charge >= 0.3 is 5.97 Å². The molecule has 0 bridgehead atoms. The second-order valence-corrected chi connectivity index (χ2v) is 5.14. The van der Waals surface area contributed by atoms with Crippen molar-refractivity contribution in [3.8, 4) is 0 Å². The summed E-state index contributed by atoms with van der Waals surface area (Å²) in [6, 6.07) is 7.19. The number of nitrogens with one attached hydrogen (secondary N) is 2. The van der Waals surface area contributed by atoms with Gasteiger partial charge in [-0.25, -0.2) is 4.79 Å². The van der Waals surface area contributed by atoms with Gasteiger partial charge in [-0.3, -0.25) is 4.79 Å². The maximum Gasteiger partial charge on any atom is 0.339 e. The highest BCUT2D eigenvalue weighted by molar-refractivity contribution is 6.03. The van der Waals surface area contributed by atoms with E-state index < -0.39 is 5.97 Å². The van der Waals surface area contributed by atoms with Gasteiger partial charge in [0.05, 0.1) is 6.54 Å². The standard InChI is InChI=1S/C15H16N2O4/c18-13-6-5-9(17-13)7-16-8-12-14(15(19)20)10-3-1-2-4-11(10)21-12/h1-4,9,16H,5-8H2,(H,17,18)(H,19,20). The SMILES string of the molecule is O=C1CCC(CNCc2oc3ccccc3c2C(=O)O)N1. The van der Waals surface area contributed by atoms with Crippen molar-refractivity contribution in [3.63, 3.8) is 0 Å². The number of hydrogen-bond donors (Lipinski definition) is 3. The predicted molar refractivity (Wildman–Crippen MR) is 76.0 cm³/mol. The molecule has 1 fully saturated rings. The zero-order valence-electron chi connectivity index (χ0n) is 11.4. The molecule has 6 nitrogen and oxygen atoms in total. The minimum Gasteiger partial charge on any atom is -0.478 e. The van der Waals surface area contributed by atoms with Crippen LogP contribution in [0.1, 0.15) is 29.0 Å². The lowest BCUT2D eigenvalue weighted by Crippen LogP contribution is -2.35. The van der Waals surface area contributed by atoms with E-state index in [1.807, 2.05) is 6.07 Å². The number of amides is 1. The van der Waals surface area contributed by atoms with E-state index in [4.69, 9.17) is 4.42 Å². The van der Waals surface area contributed by atoms with Crippen LogP contribution in [0.5, 0.6) is 0 Å². The number of hydrogen-bond acceptors (Lipinski definition) is 4. The summed E-state index contributed by atoms with van der Waals surface area (Å²) in [7, 11) is 0. The number of rotatable bonds is 5. The molecule has 0 spiro atoms. The number of fused-ring (bicyclic) bond motifs is 1. The van der Waals surface area contributed by atoms with Gasteiger partial charge in [0.15, 0.2) is 0 Å². The minimum atomic E-state index is -0.995. The van der Waals surface area contributed by atoms with Crippen molar-refractivity contribution >= 4 is 22.8 Å². The summed E-state index contributed by atoms with van der Waals surface area (Å²) < 4.78 is 5.62. The molecule has 6 heteroatoms. The van der Waals surface area contributed by atoms with Crippen LogP contribution in [0.3, 0.4) is 0 Å². The van der Waals surface area contributed by atoms with Crippen molar-refractivity contribution in [3.05, 3.63) is 35.6 Å². The first kappa shape index (κ1) is 13.6. The van der Waals surface area contributed by atoms with Gasteiger partial charge in [-0.05, 0) is 12.5 Å². The van der Waals surface area contributed by atoms with E-state index in [2.05, 4.69) is 10.6 Å². The molecular formula is C15H16N2O4. The van der Waals surface area contributed by atoms with Gasteiger partial charge in [-0.2, -0.15) is 0 Å². The van der Waals surface area contributed by atoms with E-state index in [1.54, 1.807) is 18.2 Å². The van der Waals surface area contributed by atoms with Gasteiger partial charge in [0.25, 0.3) is 0 Å². The van der Waals surface area contributed by atoms with E-state index >= 15 is 0 Å². The van der Waals surface area contributed by atoms with Crippen LogP contribution < -0.4 is 10.6 Å². The smallest absolute Gasteiger partial charge is 0.339 e. The maximum absolute atomic E-state index is 11.4. The van der Waals surface area contributed by atoms with Crippen molar-refractivity contribution in [1.82, 2.24) is 10.6 Å². The molecule has 2 aromatic rings. The zero-order valence-corrected chi connectivity index (χ0v) is 11.4. The third-order valence-electron chi connectivity index (χ3n) is 3.64. The highest BCUT2D eigenvalue weighted by atomic mass is 16.4. The van der Waals surface area contributed by atoms with Crippen LogP contribution in [-0.4, -0.2) is 29.6 Å². The fourth-order valence-electron chi connectivity index (χ4n) is 2.65. The Bertz CT molecular complexity index is 692. The van der Waals surface area contributed by atoms with Gasteiger partial charge in [-0.15, -0.1) is 0 Å². The molecule has 3 N–H and O–H groups in total. The fraction of sp³-hybridized carbons (Fsp3) is 0.333. The fourth-order valence-corrected chi connectivity index (χ4v) is 2.65. The molecule has 1 unspecified atom stereocenters. The Morgan fingerprint density at radius 3 is 2.95 bits per heavy atom. The van der Waals surface area contributed by atoms with Crippen LogP contribution in [0, 0.1) is 0 Å². The molecule has 21 heavy (non-hydrogen) atoms. The van der Waals surface area contributed by atoms with Crippen molar-refractivity contribution in [2.75, 3.05) is 6.54 Å². The van der Waals surface area contributed by atoms with Gasteiger partial charge < -0.3 is 20.2 Å². The average Bonchev–Trinajstić information content (AvgIpc) is 3.02. The molecule has 1 aliphatic rings. The number of aromatic carboxylic acids is 1. The van der Waals surface area contributed by atoms with Crippen LogP contribution in [0.4, 0.5) is 0 Å². The molecule has 3 rings (SSSR count). The normalized spacial score (nSPS) is 18.1. The molecular weight excluding hydrogens is 272 g/mol. The van der Waals surface area contributed by atoms with Crippen LogP contribution >= 0.6 is 0 Å². The molecule has 1 atom stereocenters. The zero-order chi connectivity index (χ0) is 14.8. The highest BCUT2D eigenvalue weighted by Gasteiger charge is 2.22. The summed E-state index contributed by atoms with van der Waals surface area (Å²) in [6.07, 6.45) is 1.36. The van der Waals surface area contributed by atoms with Gasteiger partial charge in [-0.1, -0.05) is 18.2 Å². The first-order valence-corrected chi connectivity index (χ1v) is 6.89. The first-order valence-electron chi connectivity index (χ1n) is 6.89. The maximum atomic E-state index is 11.4. The van der Waals surface area contributed by atoms with Crippen molar-refractivity contribution in [2.45, 2.75) is 25.4 Å². The lowest BCUT2D eigenvalue weighted by atomic mass is 10.1. The van der Waals surface area contributed by atoms with Crippen LogP contribution in [0.2, 0.25) is 0 Å². The summed E-state index contributed by atoms with van der Waals surface area (Å²) >= 11 is 0. The van der Waals surface area contributed by atoms with E-state index in [1.165, 1.54) is 0 Å². The number of carbonyl (C=O) groups excluding carboxylic acids is 1. The van der Waals surface area contributed by atoms with Gasteiger partial charge in [0.2, 0.25) is 5.91 Å². The van der Waals surface area contributed by atoms with E-state index in [0.29, 0.717) is 36.2 Å². The Balaban J connectivity index is 1.72. The quantitative estimate of drug-likeness (QED) is 0.775. The number of carboxylic acids is 1. The lowest BCUT2D eigenvalue weighted by Gasteiger charge is -2.10. The number of para-hydroxylation sites is 1. The largest absolute Gasteiger partial charge is 0.478 e. The average molecular weight is 288 g/mol. The molecule has 1 aromatic carbocycles. The van der Waals surface area contributed by atoms with E-state index in [9.17, 15) is 14.7 Å². The van der Waals surface area contributed by atoms with Crippen molar-refractivity contribution in [1.29, 1.82) is 0 Å². The van der Waals surface area contributed by atoms with E-state index in [-0.39, 0.29) is 17.5 Å². The molecule has 1 aliphatic heterocycles. The van der Waals surface area contributed by atoms with Crippen LogP contribution in [0.15, 0.2) is 28.7 Å². The minimum absolute atomic E-state index is 0.0664. The van der Waals surface area contributed by atoms with Gasteiger partial charge in [0.1, 0.15) is 16.9 Å². The van der Waals surface area contributed by atoms with Crippen LogP contribution in [0.25, 0.3) is 11.0 Å². The van der Waals surface area contributed by atoms with Crippen molar-refractivity contribution in [2.24, 2.45) is 0 Å². The molecule has 1 saturated heterocycles. The topological polar surface area (TPSA) is 91.6 Å². The first-order chi connectivity index (χ1) is 10.1. The Morgan fingerprint density at radius 1 is 1.43 bits per heavy atom.